The maximum absolute atomic E-state index is 12.3. The van der Waals surface area contributed by atoms with Crippen LogP contribution in [0.4, 0.5) is 10.5 Å². The van der Waals surface area contributed by atoms with Crippen molar-refractivity contribution in [3.05, 3.63) is 30.0 Å². The van der Waals surface area contributed by atoms with E-state index in [0.717, 1.165) is 9.47 Å². The SMILES string of the molecule is CC(=O)NCC1CN(c2ccc3c(c2)cc2n3C(=O)C(=O)N(C)C2=O)C(=O)O1. The number of carbonyl (C=O) groups excluding carboxylic acids is 5. The predicted molar refractivity (Wildman–Crippen MR) is 96.0 cm³/mol. The van der Waals surface area contributed by atoms with Crippen molar-refractivity contribution < 1.29 is 28.7 Å². The lowest BCUT2D eigenvalue weighted by atomic mass is 10.2. The van der Waals surface area contributed by atoms with E-state index in [1.54, 1.807) is 18.2 Å². The van der Waals surface area contributed by atoms with Crippen molar-refractivity contribution >= 4 is 46.3 Å². The third-order valence-corrected chi connectivity index (χ3v) is 4.76. The van der Waals surface area contributed by atoms with Crippen molar-refractivity contribution in [2.75, 3.05) is 25.0 Å². The minimum absolute atomic E-state index is 0.0896. The molecule has 0 radical (unpaired) electrons. The van der Waals surface area contributed by atoms with Gasteiger partial charge >= 0.3 is 17.9 Å². The second kappa shape index (κ2) is 6.19. The van der Waals surface area contributed by atoms with E-state index >= 15 is 0 Å². The van der Waals surface area contributed by atoms with Crippen LogP contribution >= 0.6 is 0 Å². The Balaban J connectivity index is 1.68. The van der Waals surface area contributed by atoms with E-state index < -0.39 is 29.9 Å². The number of anilines is 1. The Kier molecular flexibility index (Phi) is 3.91. The lowest BCUT2D eigenvalue weighted by molar-refractivity contribution is -0.124. The first-order valence-corrected chi connectivity index (χ1v) is 8.52. The van der Waals surface area contributed by atoms with Crippen LogP contribution in [0.5, 0.6) is 0 Å². The molecule has 0 saturated carbocycles. The van der Waals surface area contributed by atoms with Gasteiger partial charge in [-0.1, -0.05) is 0 Å². The van der Waals surface area contributed by atoms with Crippen LogP contribution in [0, 0.1) is 0 Å². The summed E-state index contributed by atoms with van der Waals surface area (Å²) in [6.07, 6.45) is -1.04. The zero-order valence-electron chi connectivity index (χ0n) is 15.1. The van der Waals surface area contributed by atoms with E-state index in [2.05, 4.69) is 5.32 Å². The topological polar surface area (TPSA) is 118 Å². The summed E-state index contributed by atoms with van der Waals surface area (Å²) in [5, 5.41) is 3.14. The minimum atomic E-state index is -0.900. The van der Waals surface area contributed by atoms with Gasteiger partial charge in [-0.2, -0.15) is 0 Å². The number of likely N-dealkylation sites (N-methyl/N-ethyl adjacent to an activating group) is 1. The summed E-state index contributed by atoms with van der Waals surface area (Å²) in [5.74, 6) is -2.50. The van der Waals surface area contributed by atoms with Gasteiger partial charge in [0.2, 0.25) is 5.91 Å². The Morgan fingerprint density at radius 3 is 2.61 bits per heavy atom. The average molecular weight is 384 g/mol. The lowest BCUT2D eigenvalue weighted by Crippen LogP contribution is -2.46. The molecule has 4 rings (SSSR count). The number of hydrogen-bond acceptors (Lipinski definition) is 6. The summed E-state index contributed by atoms with van der Waals surface area (Å²) in [4.78, 5) is 62.0. The zero-order valence-corrected chi connectivity index (χ0v) is 15.1. The fourth-order valence-corrected chi connectivity index (χ4v) is 3.35. The molecule has 2 aromatic rings. The smallest absolute Gasteiger partial charge is 0.414 e. The molecule has 1 unspecified atom stereocenters. The highest BCUT2D eigenvalue weighted by Crippen LogP contribution is 2.30. The molecule has 1 saturated heterocycles. The number of cyclic esters (lactones) is 1. The largest absolute Gasteiger partial charge is 0.442 e. The number of benzene rings is 1. The number of rotatable bonds is 3. The summed E-state index contributed by atoms with van der Waals surface area (Å²) in [5.41, 5.74) is 1.01. The molecule has 1 atom stereocenters. The van der Waals surface area contributed by atoms with E-state index in [0.29, 0.717) is 16.6 Å². The number of imide groups is 1. The monoisotopic (exact) mass is 384 g/mol. The van der Waals surface area contributed by atoms with Crippen molar-refractivity contribution in [3.8, 4) is 0 Å². The number of fused-ring (bicyclic) bond motifs is 3. The van der Waals surface area contributed by atoms with Crippen molar-refractivity contribution in [1.82, 2.24) is 14.8 Å². The molecule has 28 heavy (non-hydrogen) atoms. The molecule has 0 spiro atoms. The maximum Gasteiger partial charge on any atom is 0.414 e. The van der Waals surface area contributed by atoms with Crippen LogP contribution in [0.2, 0.25) is 0 Å². The van der Waals surface area contributed by atoms with Crippen LogP contribution in [0.15, 0.2) is 24.3 Å². The van der Waals surface area contributed by atoms with Crippen molar-refractivity contribution in [1.29, 1.82) is 0 Å². The van der Waals surface area contributed by atoms with E-state index in [9.17, 15) is 24.0 Å². The highest BCUT2D eigenvalue weighted by atomic mass is 16.6. The van der Waals surface area contributed by atoms with Gasteiger partial charge in [0.05, 0.1) is 18.6 Å². The van der Waals surface area contributed by atoms with Gasteiger partial charge in [0.15, 0.2) is 0 Å². The van der Waals surface area contributed by atoms with Gasteiger partial charge in [-0.05, 0) is 24.3 Å². The van der Waals surface area contributed by atoms with Gasteiger partial charge in [0, 0.05) is 25.0 Å². The molecule has 1 N–H and O–H groups in total. The molecule has 1 fully saturated rings. The standard InChI is InChI=1S/C18H16N4O6/c1-9(23)19-7-12-8-21(18(27)28-12)11-3-4-13-10(5-11)6-14-15(24)20(2)16(25)17(26)22(13)14/h3-6,12H,7-8H2,1-2H3,(H,19,23). The molecular formula is C18H16N4O6. The summed E-state index contributed by atoms with van der Waals surface area (Å²) in [7, 11) is 1.25. The zero-order chi connectivity index (χ0) is 20.2. The summed E-state index contributed by atoms with van der Waals surface area (Å²) >= 11 is 0. The Bertz CT molecular complexity index is 1070. The van der Waals surface area contributed by atoms with E-state index in [1.165, 1.54) is 24.9 Å². The van der Waals surface area contributed by atoms with Gasteiger partial charge < -0.3 is 10.1 Å². The first-order valence-electron chi connectivity index (χ1n) is 8.52. The molecule has 1 aromatic carbocycles. The van der Waals surface area contributed by atoms with Gasteiger partial charge in [-0.25, -0.2) is 4.79 Å². The first-order chi connectivity index (χ1) is 13.3. The molecule has 2 aliphatic heterocycles. The molecule has 0 aliphatic carbocycles. The molecule has 0 bridgehead atoms. The summed E-state index contributed by atoms with van der Waals surface area (Å²) in [6.45, 7) is 1.83. The molecule has 3 heterocycles. The summed E-state index contributed by atoms with van der Waals surface area (Å²) < 4.78 is 6.33. The Morgan fingerprint density at radius 2 is 1.89 bits per heavy atom. The van der Waals surface area contributed by atoms with Gasteiger partial charge in [0.1, 0.15) is 11.8 Å². The third-order valence-electron chi connectivity index (χ3n) is 4.76. The molecule has 144 valence electrons. The molecule has 10 nitrogen and oxygen atoms in total. The molecule has 4 amide bonds. The molecule has 1 aromatic heterocycles. The van der Waals surface area contributed by atoms with E-state index in [4.69, 9.17) is 4.74 Å². The molecular weight excluding hydrogens is 368 g/mol. The molecule has 10 heteroatoms. The Morgan fingerprint density at radius 1 is 1.14 bits per heavy atom. The number of amides is 4. The van der Waals surface area contributed by atoms with Crippen LogP contribution in [-0.2, 0) is 14.3 Å². The number of aromatic nitrogens is 1. The van der Waals surface area contributed by atoms with Crippen LogP contribution in [-0.4, -0.2) is 65.4 Å². The highest BCUT2D eigenvalue weighted by Gasteiger charge is 2.37. The number of nitrogens with one attached hydrogen (secondary N) is 1. The second-order valence-electron chi connectivity index (χ2n) is 6.64. The normalized spacial score (nSPS) is 19.3. The number of nitrogens with zero attached hydrogens (tertiary/aromatic N) is 3. The quantitative estimate of drug-likeness (QED) is 0.603. The van der Waals surface area contributed by atoms with Gasteiger partial charge in [-0.3, -0.25) is 33.5 Å². The van der Waals surface area contributed by atoms with Crippen molar-refractivity contribution in [3.63, 3.8) is 0 Å². The number of hydrogen-bond donors (Lipinski definition) is 1. The lowest BCUT2D eigenvalue weighted by Gasteiger charge is -2.21. The number of ether oxygens (including phenoxy) is 1. The van der Waals surface area contributed by atoms with Crippen LogP contribution < -0.4 is 10.2 Å². The summed E-state index contributed by atoms with van der Waals surface area (Å²) in [6, 6.07) is 6.34. The minimum Gasteiger partial charge on any atom is -0.442 e. The highest BCUT2D eigenvalue weighted by molar-refractivity contribution is 6.43. The third kappa shape index (κ3) is 2.61. The average Bonchev–Trinajstić information content (AvgIpc) is 3.22. The van der Waals surface area contributed by atoms with Gasteiger partial charge in [-0.15, -0.1) is 0 Å². The van der Waals surface area contributed by atoms with E-state index in [1.807, 2.05) is 0 Å². The van der Waals surface area contributed by atoms with Crippen LogP contribution in [0.1, 0.15) is 22.2 Å². The maximum atomic E-state index is 12.3. The first kappa shape index (κ1) is 17.7. The van der Waals surface area contributed by atoms with Crippen molar-refractivity contribution in [2.24, 2.45) is 0 Å². The van der Waals surface area contributed by atoms with Gasteiger partial charge in [0.25, 0.3) is 5.91 Å². The Hall–Kier alpha value is -3.69. The van der Waals surface area contributed by atoms with Crippen LogP contribution in [0.3, 0.4) is 0 Å². The second-order valence-corrected chi connectivity index (χ2v) is 6.64. The fourth-order valence-electron chi connectivity index (χ4n) is 3.35. The van der Waals surface area contributed by atoms with Crippen molar-refractivity contribution in [2.45, 2.75) is 13.0 Å². The molecule has 2 aliphatic rings. The Labute approximate surface area is 158 Å². The fraction of sp³-hybridized carbons (Fsp3) is 0.278. The van der Waals surface area contributed by atoms with E-state index in [-0.39, 0.29) is 24.7 Å². The number of carbonyl (C=O) groups is 5. The van der Waals surface area contributed by atoms with Crippen LogP contribution in [0.25, 0.3) is 10.9 Å². The predicted octanol–water partition coefficient (Wildman–Crippen LogP) is 0.355.